The first-order valence-corrected chi connectivity index (χ1v) is 5.25. The van der Waals surface area contributed by atoms with E-state index in [-0.39, 0.29) is 22.3 Å². The van der Waals surface area contributed by atoms with Gasteiger partial charge < -0.3 is 0 Å². The van der Waals surface area contributed by atoms with Gasteiger partial charge in [-0.2, -0.15) is 0 Å². The standard InChI is InChI=1S/C12H26O2/c1-10(2,3)9(14-13)12(7,8)11(4,5)6/h9,13H,1-8H3. The molecule has 14 heavy (non-hydrogen) atoms. The average molecular weight is 202 g/mol. The van der Waals surface area contributed by atoms with Crippen LogP contribution in [-0.4, -0.2) is 11.4 Å². The van der Waals surface area contributed by atoms with Crippen LogP contribution in [0.3, 0.4) is 0 Å². The molecule has 0 aliphatic rings. The highest BCUT2D eigenvalue weighted by Crippen LogP contribution is 2.47. The fourth-order valence-corrected chi connectivity index (χ4v) is 1.77. The van der Waals surface area contributed by atoms with Gasteiger partial charge in [0.15, 0.2) is 0 Å². The van der Waals surface area contributed by atoms with E-state index in [2.05, 4.69) is 55.4 Å². The molecule has 0 spiro atoms. The highest BCUT2D eigenvalue weighted by molar-refractivity contribution is 4.94. The zero-order valence-corrected chi connectivity index (χ0v) is 10.9. The Kier molecular flexibility index (Phi) is 3.80. The molecule has 1 atom stereocenters. The summed E-state index contributed by atoms with van der Waals surface area (Å²) in [4.78, 5) is 4.71. The van der Waals surface area contributed by atoms with Crippen LogP contribution in [0.5, 0.6) is 0 Å². The zero-order valence-electron chi connectivity index (χ0n) is 10.9. The molecule has 2 heteroatoms. The van der Waals surface area contributed by atoms with Crippen molar-refractivity contribution in [2.24, 2.45) is 16.2 Å². The van der Waals surface area contributed by atoms with Crippen molar-refractivity contribution in [1.82, 2.24) is 0 Å². The van der Waals surface area contributed by atoms with Gasteiger partial charge in [-0.25, -0.2) is 4.89 Å². The van der Waals surface area contributed by atoms with E-state index in [1.807, 2.05) is 0 Å². The minimum absolute atomic E-state index is 0.0640. The Morgan fingerprint density at radius 2 is 1.21 bits per heavy atom. The number of hydrogen-bond donors (Lipinski definition) is 1. The van der Waals surface area contributed by atoms with Gasteiger partial charge in [-0.1, -0.05) is 55.4 Å². The van der Waals surface area contributed by atoms with Gasteiger partial charge in [0.2, 0.25) is 0 Å². The van der Waals surface area contributed by atoms with Crippen molar-refractivity contribution in [3.05, 3.63) is 0 Å². The van der Waals surface area contributed by atoms with Gasteiger partial charge in [-0.3, -0.25) is 5.26 Å². The smallest absolute Gasteiger partial charge is 0.103 e. The van der Waals surface area contributed by atoms with Gasteiger partial charge in [0.25, 0.3) is 0 Å². The first-order chi connectivity index (χ1) is 5.94. The molecule has 0 aliphatic heterocycles. The molecule has 0 rings (SSSR count). The van der Waals surface area contributed by atoms with E-state index in [0.717, 1.165) is 0 Å². The largest absolute Gasteiger partial charge is 0.251 e. The summed E-state index contributed by atoms with van der Waals surface area (Å²) in [6, 6.07) is 0. The molecular weight excluding hydrogens is 176 g/mol. The van der Waals surface area contributed by atoms with Crippen LogP contribution in [0.2, 0.25) is 0 Å². The van der Waals surface area contributed by atoms with E-state index in [1.165, 1.54) is 0 Å². The second-order valence-corrected chi connectivity index (χ2v) is 6.82. The Hall–Kier alpha value is -0.0800. The van der Waals surface area contributed by atoms with Crippen molar-refractivity contribution in [2.45, 2.75) is 61.5 Å². The average Bonchev–Trinajstić information content (AvgIpc) is 1.80. The van der Waals surface area contributed by atoms with Gasteiger partial charge in [0.1, 0.15) is 6.10 Å². The van der Waals surface area contributed by atoms with E-state index in [9.17, 15) is 0 Å². The summed E-state index contributed by atoms with van der Waals surface area (Å²) in [6.07, 6.45) is -0.171. The van der Waals surface area contributed by atoms with Gasteiger partial charge in [-0.05, 0) is 16.2 Å². The van der Waals surface area contributed by atoms with Gasteiger partial charge in [-0.15, -0.1) is 0 Å². The van der Waals surface area contributed by atoms with E-state index in [0.29, 0.717) is 0 Å². The molecular formula is C12H26O2. The van der Waals surface area contributed by atoms with Gasteiger partial charge in [0, 0.05) is 0 Å². The Labute approximate surface area is 88.6 Å². The molecule has 0 radical (unpaired) electrons. The molecule has 0 aliphatic carbocycles. The van der Waals surface area contributed by atoms with Crippen LogP contribution in [-0.2, 0) is 4.89 Å². The summed E-state index contributed by atoms with van der Waals surface area (Å²) in [5.74, 6) is 0. The molecule has 0 amide bonds. The molecule has 0 aromatic carbocycles. The van der Waals surface area contributed by atoms with E-state index < -0.39 is 0 Å². The van der Waals surface area contributed by atoms with Crippen molar-refractivity contribution < 1.29 is 10.1 Å². The van der Waals surface area contributed by atoms with Crippen molar-refractivity contribution in [1.29, 1.82) is 0 Å². The van der Waals surface area contributed by atoms with Crippen LogP contribution in [0.15, 0.2) is 0 Å². The molecule has 0 saturated heterocycles. The van der Waals surface area contributed by atoms with E-state index >= 15 is 0 Å². The molecule has 0 aromatic rings. The molecule has 86 valence electrons. The SMILES string of the molecule is CC(C)(C)C(OO)C(C)(C)C(C)(C)C. The number of rotatable bonds is 2. The Morgan fingerprint density at radius 1 is 0.857 bits per heavy atom. The molecule has 0 saturated carbocycles. The quantitative estimate of drug-likeness (QED) is 0.542. The molecule has 0 aromatic heterocycles. The fourth-order valence-electron chi connectivity index (χ4n) is 1.77. The maximum atomic E-state index is 9.06. The van der Waals surface area contributed by atoms with Crippen LogP contribution in [0, 0.1) is 16.2 Å². The van der Waals surface area contributed by atoms with Crippen molar-refractivity contribution in [3.63, 3.8) is 0 Å². The van der Waals surface area contributed by atoms with E-state index in [4.69, 9.17) is 10.1 Å². The highest BCUT2D eigenvalue weighted by atomic mass is 17.1. The van der Waals surface area contributed by atoms with Gasteiger partial charge in [0.05, 0.1) is 0 Å². The third kappa shape index (κ3) is 2.71. The third-order valence-corrected chi connectivity index (χ3v) is 3.48. The lowest BCUT2D eigenvalue weighted by Gasteiger charge is -2.48. The fraction of sp³-hybridized carbons (Fsp3) is 1.00. The van der Waals surface area contributed by atoms with Crippen molar-refractivity contribution >= 4 is 0 Å². The summed E-state index contributed by atoms with van der Waals surface area (Å²) >= 11 is 0. The molecule has 1 unspecified atom stereocenters. The molecule has 0 heterocycles. The maximum Gasteiger partial charge on any atom is 0.103 e. The maximum absolute atomic E-state index is 9.06. The first-order valence-electron chi connectivity index (χ1n) is 5.25. The zero-order chi connectivity index (χ0) is 11.8. The lowest BCUT2D eigenvalue weighted by Crippen LogP contribution is -2.48. The topological polar surface area (TPSA) is 29.5 Å². The molecule has 2 nitrogen and oxygen atoms in total. The van der Waals surface area contributed by atoms with Crippen LogP contribution in [0.4, 0.5) is 0 Å². The summed E-state index contributed by atoms with van der Waals surface area (Å²) in [5, 5.41) is 9.06. The summed E-state index contributed by atoms with van der Waals surface area (Å²) in [5.41, 5.74) is -0.0563. The predicted molar refractivity (Wildman–Crippen MR) is 60.2 cm³/mol. The normalized spacial score (nSPS) is 16.9. The lowest BCUT2D eigenvalue weighted by molar-refractivity contribution is -0.333. The Bertz CT molecular complexity index is 181. The summed E-state index contributed by atoms with van der Waals surface area (Å²) in [6.45, 7) is 17.0. The molecule has 0 fully saturated rings. The number of hydrogen-bond acceptors (Lipinski definition) is 2. The van der Waals surface area contributed by atoms with Crippen LogP contribution >= 0.6 is 0 Å². The van der Waals surface area contributed by atoms with E-state index in [1.54, 1.807) is 0 Å². The molecule has 1 N–H and O–H groups in total. The summed E-state index contributed by atoms with van der Waals surface area (Å²) < 4.78 is 0. The third-order valence-electron chi connectivity index (χ3n) is 3.48. The Morgan fingerprint density at radius 3 is 1.29 bits per heavy atom. The second-order valence-electron chi connectivity index (χ2n) is 6.82. The van der Waals surface area contributed by atoms with Crippen molar-refractivity contribution in [2.75, 3.05) is 0 Å². The highest BCUT2D eigenvalue weighted by Gasteiger charge is 2.46. The first kappa shape index (κ1) is 13.9. The van der Waals surface area contributed by atoms with Crippen molar-refractivity contribution in [3.8, 4) is 0 Å². The van der Waals surface area contributed by atoms with Crippen LogP contribution < -0.4 is 0 Å². The molecule has 0 bridgehead atoms. The lowest BCUT2D eigenvalue weighted by atomic mass is 9.60. The van der Waals surface area contributed by atoms with Crippen LogP contribution in [0.1, 0.15) is 55.4 Å². The second kappa shape index (κ2) is 3.82. The monoisotopic (exact) mass is 202 g/mol. The van der Waals surface area contributed by atoms with Gasteiger partial charge >= 0.3 is 0 Å². The Balaban J connectivity index is 5.04. The minimum atomic E-state index is -0.171. The minimum Gasteiger partial charge on any atom is -0.251 e. The predicted octanol–water partition coefficient (Wildman–Crippen LogP) is 3.96. The van der Waals surface area contributed by atoms with Crippen LogP contribution in [0.25, 0.3) is 0 Å². The summed E-state index contributed by atoms with van der Waals surface area (Å²) in [7, 11) is 0.